The van der Waals surface area contributed by atoms with Gasteiger partial charge >= 0.3 is 18.3 Å². The van der Waals surface area contributed by atoms with Crippen molar-refractivity contribution in [3.05, 3.63) is 11.1 Å². The molecule has 0 aliphatic heterocycles. The molecule has 0 fully saturated rings. The number of carbonyl (C=O) groups is 1. The Morgan fingerprint density at radius 3 is 1.84 bits per heavy atom. The van der Waals surface area contributed by atoms with Gasteiger partial charge in [0.15, 0.2) is 0 Å². The normalized spacial score (nSPS) is 12.2. The predicted molar refractivity (Wildman–Crippen MR) is 55.3 cm³/mol. The van der Waals surface area contributed by atoms with Gasteiger partial charge in [-0.3, -0.25) is 0 Å². The molecule has 0 atom stereocenters. The minimum atomic E-state index is -5.65. The summed E-state index contributed by atoms with van der Waals surface area (Å²) in [5.41, 5.74) is -4.29. The second-order valence-corrected chi connectivity index (χ2v) is 3.84. The second-order valence-electron chi connectivity index (χ2n) is 3.84. The predicted octanol–water partition coefficient (Wildman–Crippen LogP) is 4.16. The van der Waals surface area contributed by atoms with E-state index in [-0.39, 0.29) is 6.61 Å². The van der Waals surface area contributed by atoms with Crippen molar-refractivity contribution in [2.24, 2.45) is 0 Å². The van der Waals surface area contributed by atoms with E-state index in [1.165, 1.54) is 0 Å². The Morgan fingerprint density at radius 1 is 1.00 bits per heavy atom. The first-order valence-electron chi connectivity index (χ1n) is 5.54. The summed E-state index contributed by atoms with van der Waals surface area (Å²) >= 11 is 0. The Morgan fingerprint density at radius 2 is 1.47 bits per heavy atom. The van der Waals surface area contributed by atoms with Crippen molar-refractivity contribution >= 4 is 5.97 Å². The lowest BCUT2D eigenvalue weighted by atomic mass is 10.1. The fourth-order valence-electron chi connectivity index (χ4n) is 1.31. The van der Waals surface area contributed by atoms with Crippen LogP contribution in [0.15, 0.2) is 11.1 Å². The Bertz CT molecular complexity index is 324. The van der Waals surface area contributed by atoms with E-state index in [2.05, 4.69) is 4.74 Å². The molecule has 0 aromatic rings. The van der Waals surface area contributed by atoms with Crippen LogP contribution in [-0.2, 0) is 9.53 Å². The molecular formula is C11H14F6O2. The minimum Gasteiger partial charge on any atom is -0.462 e. The van der Waals surface area contributed by atoms with Gasteiger partial charge in [0, 0.05) is 0 Å². The van der Waals surface area contributed by atoms with Crippen LogP contribution in [0.5, 0.6) is 0 Å². The molecule has 2 nitrogen and oxygen atoms in total. The largest absolute Gasteiger partial charge is 0.462 e. The molecule has 0 radical (unpaired) electrons. The van der Waals surface area contributed by atoms with E-state index in [0.29, 0.717) is 19.8 Å². The molecule has 0 bridgehead atoms. The number of allylic oxidation sites excluding steroid dienone is 1. The maximum atomic E-state index is 12.3. The highest BCUT2D eigenvalue weighted by molar-refractivity contribution is 5.89. The molecule has 0 spiro atoms. The summed E-state index contributed by atoms with van der Waals surface area (Å²) in [7, 11) is 0. The van der Waals surface area contributed by atoms with E-state index >= 15 is 0 Å². The van der Waals surface area contributed by atoms with Crippen LogP contribution in [-0.4, -0.2) is 24.9 Å². The lowest BCUT2D eigenvalue weighted by Gasteiger charge is -2.17. The van der Waals surface area contributed by atoms with Crippen LogP contribution < -0.4 is 0 Å². The Labute approximate surface area is 106 Å². The van der Waals surface area contributed by atoms with Crippen LogP contribution >= 0.6 is 0 Å². The lowest BCUT2D eigenvalue weighted by Crippen LogP contribution is -2.29. The second kappa shape index (κ2) is 6.81. The topological polar surface area (TPSA) is 26.3 Å². The van der Waals surface area contributed by atoms with Gasteiger partial charge in [-0.05, 0) is 13.3 Å². The molecule has 0 aliphatic rings. The molecule has 112 valence electrons. The molecule has 0 aromatic heterocycles. The van der Waals surface area contributed by atoms with E-state index in [1.807, 2.05) is 6.92 Å². The quantitative estimate of drug-likeness (QED) is 0.329. The van der Waals surface area contributed by atoms with Crippen LogP contribution in [0.4, 0.5) is 26.3 Å². The summed E-state index contributed by atoms with van der Waals surface area (Å²) in [6.07, 6.45) is -9.46. The van der Waals surface area contributed by atoms with Crippen molar-refractivity contribution in [2.45, 2.75) is 45.5 Å². The Hall–Kier alpha value is -1.21. The van der Waals surface area contributed by atoms with Crippen LogP contribution in [0, 0.1) is 0 Å². The third-order valence-electron chi connectivity index (χ3n) is 2.23. The highest BCUT2D eigenvalue weighted by atomic mass is 19.4. The maximum Gasteiger partial charge on any atom is 0.421 e. The third kappa shape index (κ3) is 5.98. The number of hydrogen-bond acceptors (Lipinski definition) is 2. The molecule has 0 saturated heterocycles. The molecule has 0 amide bonds. The molecule has 0 rings (SSSR count). The van der Waals surface area contributed by atoms with E-state index in [9.17, 15) is 31.1 Å². The smallest absolute Gasteiger partial charge is 0.421 e. The third-order valence-corrected chi connectivity index (χ3v) is 2.23. The number of halogens is 6. The van der Waals surface area contributed by atoms with Gasteiger partial charge in [-0.2, -0.15) is 26.3 Å². The molecular weight excluding hydrogens is 278 g/mol. The van der Waals surface area contributed by atoms with Gasteiger partial charge in [0.2, 0.25) is 0 Å². The lowest BCUT2D eigenvalue weighted by molar-refractivity contribution is -0.175. The summed E-state index contributed by atoms with van der Waals surface area (Å²) in [6, 6.07) is 0. The van der Waals surface area contributed by atoms with Gasteiger partial charge < -0.3 is 4.74 Å². The highest BCUT2D eigenvalue weighted by Gasteiger charge is 2.53. The molecule has 19 heavy (non-hydrogen) atoms. The zero-order valence-electron chi connectivity index (χ0n) is 10.4. The first-order chi connectivity index (χ1) is 8.51. The van der Waals surface area contributed by atoms with Crippen LogP contribution in [0.3, 0.4) is 0 Å². The molecule has 8 heteroatoms. The number of rotatable bonds is 5. The fraction of sp³-hybridized carbons (Fsp3) is 0.727. The number of hydrogen-bond donors (Lipinski definition) is 0. The first kappa shape index (κ1) is 17.8. The van der Waals surface area contributed by atoms with Crippen molar-refractivity contribution in [3.63, 3.8) is 0 Å². The zero-order chi connectivity index (χ0) is 15.3. The minimum absolute atomic E-state index is 0.201. The van der Waals surface area contributed by atoms with E-state index in [1.54, 1.807) is 0 Å². The van der Waals surface area contributed by atoms with Gasteiger partial charge in [0.25, 0.3) is 0 Å². The molecule has 0 aliphatic carbocycles. The summed E-state index contributed by atoms with van der Waals surface area (Å²) in [5.74, 6) is -1.60. The van der Waals surface area contributed by atoms with Gasteiger partial charge in [-0.15, -0.1) is 0 Å². The molecule has 0 unspecified atom stereocenters. The highest BCUT2D eigenvalue weighted by Crippen LogP contribution is 2.40. The number of esters is 1. The van der Waals surface area contributed by atoms with Crippen LogP contribution in [0.25, 0.3) is 0 Å². The monoisotopic (exact) mass is 292 g/mol. The summed E-state index contributed by atoms with van der Waals surface area (Å²) in [5, 5.41) is 0. The number of carbonyl (C=O) groups excluding carboxylic acids is 1. The van der Waals surface area contributed by atoms with Crippen LogP contribution in [0.2, 0.25) is 0 Å². The maximum absolute atomic E-state index is 12.3. The fourth-order valence-corrected chi connectivity index (χ4v) is 1.31. The number of ether oxygens (including phenoxy) is 1. The van der Waals surface area contributed by atoms with E-state index in [4.69, 9.17) is 0 Å². The molecule has 0 aromatic carbocycles. The average Bonchev–Trinajstić information content (AvgIpc) is 2.19. The van der Waals surface area contributed by atoms with Crippen molar-refractivity contribution < 1.29 is 35.9 Å². The van der Waals surface area contributed by atoms with Gasteiger partial charge in [0.05, 0.1) is 12.2 Å². The van der Waals surface area contributed by atoms with Crippen molar-refractivity contribution in [3.8, 4) is 0 Å². The first-order valence-corrected chi connectivity index (χ1v) is 5.54. The van der Waals surface area contributed by atoms with Crippen molar-refractivity contribution in [1.29, 1.82) is 0 Å². The number of unbranched alkanes of at least 4 members (excludes halogenated alkanes) is 2. The number of alkyl halides is 6. The summed E-state index contributed by atoms with van der Waals surface area (Å²) in [6.45, 7) is 2.10. The van der Waals surface area contributed by atoms with E-state index < -0.39 is 29.5 Å². The van der Waals surface area contributed by atoms with Crippen molar-refractivity contribution in [1.82, 2.24) is 0 Å². The van der Waals surface area contributed by atoms with Gasteiger partial charge in [0.1, 0.15) is 5.57 Å². The zero-order valence-corrected chi connectivity index (χ0v) is 10.4. The van der Waals surface area contributed by atoms with E-state index in [0.717, 1.165) is 6.42 Å². The SMILES string of the molecule is CCCCCOC(=O)C(C)=C(C(F)(F)F)C(F)(F)F. The van der Waals surface area contributed by atoms with Crippen LogP contribution in [0.1, 0.15) is 33.1 Å². The van der Waals surface area contributed by atoms with Crippen molar-refractivity contribution in [2.75, 3.05) is 6.61 Å². The summed E-state index contributed by atoms with van der Waals surface area (Å²) < 4.78 is 78.1. The molecule has 0 N–H and O–H groups in total. The molecule has 0 saturated carbocycles. The average molecular weight is 292 g/mol. The van der Waals surface area contributed by atoms with Gasteiger partial charge in [-0.1, -0.05) is 19.8 Å². The Kier molecular flexibility index (Phi) is 6.38. The van der Waals surface area contributed by atoms with Gasteiger partial charge in [-0.25, -0.2) is 4.79 Å². The standard InChI is InChI=1S/C11H14F6O2/c1-3-4-5-6-19-9(18)7(2)8(10(12,13)14)11(15,16)17/h3-6H2,1-2H3. The molecule has 0 heterocycles. The summed E-state index contributed by atoms with van der Waals surface area (Å²) in [4.78, 5) is 11.2. The Balaban J connectivity index is 5.00.